The van der Waals surface area contributed by atoms with Crippen molar-refractivity contribution in [1.29, 1.82) is 0 Å². The Balaban J connectivity index is 1.94. The molecular weight excluding hydrogens is 196 g/mol. The number of aromatic nitrogens is 1. The Hall–Kier alpha value is -0.910. The van der Waals surface area contributed by atoms with Crippen LogP contribution in [-0.2, 0) is 11.3 Å². The standard InChI is InChI=1S/C10H16N2O3/c1-8-6-14-10(5-13)4-12(8)3-9-2-11-15-7-9/h2,7-8,10,13H,3-6H2,1H3. The highest BCUT2D eigenvalue weighted by atomic mass is 16.5. The summed E-state index contributed by atoms with van der Waals surface area (Å²) in [5.41, 5.74) is 1.06. The molecule has 2 unspecified atom stereocenters. The molecule has 84 valence electrons. The maximum absolute atomic E-state index is 9.04. The Morgan fingerprint density at radius 2 is 2.53 bits per heavy atom. The smallest absolute Gasteiger partial charge is 0.128 e. The zero-order valence-electron chi connectivity index (χ0n) is 8.80. The van der Waals surface area contributed by atoms with Crippen LogP contribution in [0.25, 0.3) is 0 Å². The van der Waals surface area contributed by atoms with Crippen molar-refractivity contribution in [3.63, 3.8) is 0 Å². The van der Waals surface area contributed by atoms with Gasteiger partial charge in [-0.15, -0.1) is 0 Å². The van der Waals surface area contributed by atoms with Gasteiger partial charge in [0.2, 0.25) is 0 Å². The van der Waals surface area contributed by atoms with E-state index in [2.05, 4.69) is 17.0 Å². The maximum atomic E-state index is 9.04. The highest BCUT2D eigenvalue weighted by Gasteiger charge is 2.25. The number of ether oxygens (including phenoxy) is 1. The van der Waals surface area contributed by atoms with Gasteiger partial charge in [0.15, 0.2) is 0 Å². The van der Waals surface area contributed by atoms with Crippen molar-refractivity contribution in [3.05, 3.63) is 18.0 Å². The number of aliphatic hydroxyl groups excluding tert-OH is 1. The van der Waals surface area contributed by atoms with Crippen LogP contribution < -0.4 is 0 Å². The van der Waals surface area contributed by atoms with Crippen LogP contribution in [-0.4, -0.2) is 47.1 Å². The van der Waals surface area contributed by atoms with Gasteiger partial charge in [-0.2, -0.15) is 0 Å². The average Bonchev–Trinajstić information content (AvgIpc) is 2.74. The van der Waals surface area contributed by atoms with Crippen LogP contribution >= 0.6 is 0 Å². The van der Waals surface area contributed by atoms with Crippen LogP contribution in [0.1, 0.15) is 12.5 Å². The van der Waals surface area contributed by atoms with Gasteiger partial charge < -0.3 is 14.4 Å². The van der Waals surface area contributed by atoms with Gasteiger partial charge in [-0.25, -0.2) is 0 Å². The van der Waals surface area contributed by atoms with Gasteiger partial charge in [0.1, 0.15) is 6.26 Å². The van der Waals surface area contributed by atoms with Gasteiger partial charge in [0, 0.05) is 24.7 Å². The quantitative estimate of drug-likeness (QED) is 0.778. The monoisotopic (exact) mass is 212 g/mol. The summed E-state index contributed by atoms with van der Waals surface area (Å²) in [4.78, 5) is 2.26. The van der Waals surface area contributed by atoms with Crippen LogP contribution in [0.3, 0.4) is 0 Å². The molecule has 0 radical (unpaired) electrons. The Morgan fingerprint density at radius 3 is 3.20 bits per heavy atom. The van der Waals surface area contributed by atoms with Crippen LogP contribution in [0.2, 0.25) is 0 Å². The van der Waals surface area contributed by atoms with Crippen molar-refractivity contribution in [2.75, 3.05) is 19.8 Å². The maximum Gasteiger partial charge on any atom is 0.128 e. The fourth-order valence-electron chi connectivity index (χ4n) is 1.75. The Labute approximate surface area is 88.6 Å². The van der Waals surface area contributed by atoms with E-state index in [1.807, 2.05) is 0 Å². The molecular formula is C10H16N2O3. The van der Waals surface area contributed by atoms with E-state index < -0.39 is 0 Å². The summed E-state index contributed by atoms with van der Waals surface area (Å²) in [7, 11) is 0. The van der Waals surface area contributed by atoms with E-state index in [1.165, 1.54) is 0 Å². The number of nitrogens with zero attached hydrogens (tertiary/aromatic N) is 2. The number of hydrogen-bond acceptors (Lipinski definition) is 5. The van der Waals surface area contributed by atoms with Crippen molar-refractivity contribution < 1.29 is 14.4 Å². The fraction of sp³-hybridized carbons (Fsp3) is 0.700. The summed E-state index contributed by atoms with van der Waals surface area (Å²) in [6.07, 6.45) is 3.30. The molecule has 0 aromatic carbocycles. The Kier molecular flexibility index (Phi) is 3.35. The van der Waals surface area contributed by atoms with Gasteiger partial charge in [0.25, 0.3) is 0 Å². The van der Waals surface area contributed by atoms with Gasteiger partial charge >= 0.3 is 0 Å². The number of morpholine rings is 1. The molecule has 1 aliphatic rings. The van der Waals surface area contributed by atoms with E-state index >= 15 is 0 Å². The third-order valence-electron chi connectivity index (χ3n) is 2.71. The lowest BCUT2D eigenvalue weighted by Crippen LogP contribution is -2.48. The van der Waals surface area contributed by atoms with Crippen LogP contribution in [0, 0.1) is 0 Å². The largest absolute Gasteiger partial charge is 0.394 e. The SMILES string of the molecule is CC1COC(CO)CN1Cc1cnoc1. The molecule has 5 nitrogen and oxygen atoms in total. The first-order chi connectivity index (χ1) is 7.29. The molecule has 2 rings (SSSR count). The van der Waals surface area contributed by atoms with E-state index in [4.69, 9.17) is 14.4 Å². The van der Waals surface area contributed by atoms with E-state index in [1.54, 1.807) is 12.5 Å². The summed E-state index contributed by atoms with van der Waals surface area (Å²) in [5.74, 6) is 0. The Morgan fingerprint density at radius 1 is 1.67 bits per heavy atom. The zero-order valence-corrected chi connectivity index (χ0v) is 8.80. The molecule has 1 aromatic heterocycles. The van der Waals surface area contributed by atoms with Crippen molar-refractivity contribution in [3.8, 4) is 0 Å². The molecule has 0 aliphatic carbocycles. The second-order valence-electron chi connectivity index (χ2n) is 3.95. The summed E-state index contributed by atoms with van der Waals surface area (Å²) >= 11 is 0. The first kappa shape index (κ1) is 10.6. The minimum atomic E-state index is -0.0685. The highest BCUT2D eigenvalue weighted by molar-refractivity contribution is 5.00. The first-order valence-electron chi connectivity index (χ1n) is 5.14. The number of hydrogen-bond donors (Lipinski definition) is 1. The first-order valence-corrected chi connectivity index (χ1v) is 5.14. The zero-order chi connectivity index (χ0) is 10.7. The minimum absolute atomic E-state index is 0.0685. The molecule has 15 heavy (non-hydrogen) atoms. The summed E-state index contributed by atoms with van der Waals surface area (Å²) < 4.78 is 10.2. The summed E-state index contributed by atoms with van der Waals surface area (Å²) in [6, 6.07) is 0.364. The molecule has 0 amide bonds. The van der Waals surface area contributed by atoms with Gasteiger partial charge in [-0.3, -0.25) is 4.90 Å². The molecule has 2 atom stereocenters. The number of aliphatic hydroxyl groups is 1. The van der Waals surface area contributed by atoms with Crippen molar-refractivity contribution >= 4 is 0 Å². The highest BCUT2D eigenvalue weighted by Crippen LogP contribution is 2.14. The molecule has 0 saturated carbocycles. The molecule has 0 bridgehead atoms. The predicted octanol–water partition coefficient (Wildman–Crippen LogP) is 0.256. The summed E-state index contributed by atoms with van der Waals surface area (Å²) in [5, 5.41) is 12.7. The third kappa shape index (κ3) is 2.56. The second-order valence-corrected chi connectivity index (χ2v) is 3.95. The van der Waals surface area contributed by atoms with Gasteiger partial charge in [0.05, 0.1) is 25.5 Å². The molecule has 1 N–H and O–H groups in total. The fourth-order valence-corrected chi connectivity index (χ4v) is 1.75. The Bertz CT molecular complexity index is 289. The predicted molar refractivity (Wildman–Crippen MR) is 53.2 cm³/mol. The average molecular weight is 212 g/mol. The van der Waals surface area contributed by atoms with Crippen molar-refractivity contribution in [2.45, 2.75) is 25.6 Å². The third-order valence-corrected chi connectivity index (χ3v) is 2.71. The van der Waals surface area contributed by atoms with Crippen LogP contribution in [0.4, 0.5) is 0 Å². The molecule has 1 aliphatic heterocycles. The lowest BCUT2D eigenvalue weighted by atomic mass is 10.2. The molecule has 1 saturated heterocycles. The normalized spacial score (nSPS) is 28.1. The van der Waals surface area contributed by atoms with E-state index in [9.17, 15) is 0 Å². The minimum Gasteiger partial charge on any atom is -0.394 e. The summed E-state index contributed by atoms with van der Waals surface area (Å²) in [6.45, 7) is 4.40. The lowest BCUT2D eigenvalue weighted by molar-refractivity contribution is -0.0805. The molecule has 0 spiro atoms. The second kappa shape index (κ2) is 4.74. The van der Waals surface area contributed by atoms with E-state index in [0.717, 1.165) is 18.7 Å². The molecule has 1 aromatic rings. The van der Waals surface area contributed by atoms with E-state index in [-0.39, 0.29) is 12.7 Å². The topological polar surface area (TPSA) is 58.7 Å². The van der Waals surface area contributed by atoms with Crippen molar-refractivity contribution in [1.82, 2.24) is 10.1 Å². The lowest BCUT2D eigenvalue weighted by Gasteiger charge is -2.37. The molecule has 1 fully saturated rings. The van der Waals surface area contributed by atoms with Gasteiger partial charge in [-0.1, -0.05) is 5.16 Å². The number of rotatable bonds is 3. The van der Waals surface area contributed by atoms with Crippen LogP contribution in [0.5, 0.6) is 0 Å². The van der Waals surface area contributed by atoms with E-state index in [0.29, 0.717) is 12.6 Å². The molecule has 5 heteroatoms. The van der Waals surface area contributed by atoms with Crippen molar-refractivity contribution in [2.24, 2.45) is 0 Å². The van der Waals surface area contributed by atoms with Gasteiger partial charge in [-0.05, 0) is 6.92 Å². The van der Waals surface area contributed by atoms with Crippen LogP contribution in [0.15, 0.2) is 17.0 Å². The molecule has 2 heterocycles.